The van der Waals surface area contributed by atoms with Gasteiger partial charge >= 0.3 is 0 Å². The Kier molecular flexibility index (Phi) is 6.45. The molecule has 1 amide bonds. The van der Waals surface area contributed by atoms with Gasteiger partial charge in [0.1, 0.15) is 0 Å². The van der Waals surface area contributed by atoms with E-state index >= 15 is 0 Å². The van der Waals surface area contributed by atoms with E-state index in [9.17, 15) is 4.79 Å². The van der Waals surface area contributed by atoms with Crippen LogP contribution >= 0.6 is 0 Å². The predicted molar refractivity (Wildman–Crippen MR) is 101 cm³/mol. The molecular formula is C20H32N4O. The second kappa shape index (κ2) is 8.79. The van der Waals surface area contributed by atoms with E-state index in [2.05, 4.69) is 28.2 Å². The van der Waals surface area contributed by atoms with Gasteiger partial charge in [-0.15, -0.1) is 0 Å². The summed E-state index contributed by atoms with van der Waals surface area (Å²) in [4.78, 5) is 17.5. The van der Waals surface area contributed by atoms with Crippen molar-refractivity contribution in [3.8, 4) is 0 Å². The number of hydrogen-bond donors (Lipinski definition) is 2. The molecule has 1 aliphatic carbocycles. The summed E-state index contributed by atoms with van der Waals surface area (Å²) in [5.74, 6) is 0.469. The molecule has 2 unspecified atom stereocenters. The lowest BCUT2D eigenvalue weighted by Gasteiger charge is -2.32. The topological polar surface area (TPSA) is 61.6 Å². The molecule has 3 N–H and O–H groups in total. The number of hydrogen-bond acceptors (Lipinski definition) is 4. The predicted octanol–water partition coefficient (Wildman–Crippen LogP) is 1.68. The summed E-state index contributed by atoms with van der Waals surface area (Å²) in [5.41, 5.74) is 7.88. The van der Waals surface area contributed by atoms with Crippen molar-refractivity contribution in [1.29, 1.82) is 0 Å². The highest BCUT2D eigenvalue weighted by Crippen LogP contribution is 2.24. The maximum atomic E-state index is 12.7. The number of piperazine rings is 1. The molecule has 1 aliphatic heterocycles. The second-order valence-electron chi connectivity index (χ2n) is 7.64. The summed E-state index contributed by atoms with van der Waals surface area (Å²) in [6.45, 7) is 5.99. The van der Waals surface area contributed by atoms with Gasteiger partial charge < -0.3 is 16.0 Å². The van der Waals surface area contributed by atoms with Crippen LogP contribution in [0, 0.1) is 5.92 Å². The molecule has 0 spiro atoms. The van der Waals surface area contributed by atoms with Crippen LogP contribution in [0.25, 0.3) is 0 Å². The van der Waals surface area contributed by atoms with Crippen LogP contribution in [0.3, 0.4) is 0 Å². The fraction of sp³-hybridized carbons (Fsp3) is 0.650. The van der Waals surface area contributed by atoms with E-state index < -0.39 is 0 Å². The Hall–Kier alpha value is -1.43. The molecule has 0 bridgehead atoms. The van der Waals surface area contributed by atoms with Crippen molar-refractivity contribution < 1.29 is 4.79 Å². The average molecular weight is 345 g/mol. The lowest BCUT2D eigenvalue weighted by Crippen LogP contribution is -2.45. The van der Waals surface area contributed by atoms with E-state index in [4.69, 9.17) is 5.73 Å². The van der Waals surface area contributed by atoms with Crippen molar-refractivity contribution in [2.24, 2.45) is 11.7 Å². The molecular weight excluding hydrogens is 312 g/mol. The number of carbonyl (C=O) groups excluding carboxylic acids is 1. The van der Waals surface area contributed by atoms with E-state index in [1.165, 1.54) is 18.4 Å². The molecule has 2 aliphatic rings. The summed E-state index contributed by atoms with van der Waals surface area (Å²) >= 11 is 0. The van der Waals surface area contributed by atoms with Crippen molar-refractivity contribution >= 4 is 5.91 Å². The van der Waals surface area contributed by atoms with E-state index in [0.717, 1.165) is 51.1 Å². The summed E-state index contributed by atoms with van der Waals surface area (Å²) in [5, 5.41) is 3.23. The van der Waals surface area contributed by atoms with Gasteiger partial charge in [0.05, 0.1) is 0 Å². The maximum absolute atomic E-state index is 12.7. The highest BCUT2D eigenvalue weighted by Gasteiger charge is 2.25. The number of benzene rings is 1. The quantitative estimate of drug-likeness (QED) is 0.853. The second-order valence-corrected chi connectivity index (χ2v) is 7.64. The van der Waals surface area contributed by atoms with Gasteiger partial charge in [-0.05, 0) is 50.0 Å². The summed E-state index contributed by atoms with van der Waals surface area (Å²) in [7, 11) is 2.17. The molecule has 2 atom stereocenters. The molecule has 1 saturated heterocycles. The standard InChI is InChI=1S/C20H32N4O/c1-23-9-11-24(12-10-23)15-16-5-4-7-17(13-16)20(25)22-19-8-3-2-6-18(19)14-21/h4-5,7,13,18-19H,2-3,6,8-12,14-15,21H2,1H3,(H,22,25). The Labute approximate surface area is 151 Å². The van der Waals surface area contributed by atoms with Crippen molar-refractivity contribution in [2.75, 3.05) is 39.8 Å². The number of nitrogens with one attached hydrogen (secondary N) is 1. The van der Waals surface area contributed by atoms with E-state index in [-0.39, 0.29) is 11.9 Å². The first-order valence-corrected chi connectivity index (χ1v) is 9.66. The first-order chi connectivity index (χ1) is 12.2. The van der Waals surface area contributed by atoms with Crippen LogP contribution < -0.4 is 11.1 Å². The van der Waals surface area contributed by atoms with Gasteiger partial charge in [-0.3, -0.25) is 9.69 Å². The smallest absolute Gasteiger partial charge is 0.251 e. The van der Waals surface area contributed by atoms with E-state index in [1.54, 1.807) is 0 Å². The average Bonchev–Trinajstić information content (AvgIpc) is 2.64. The molecule has 5 heteroatoms. The monoisotopic (exact) mass is 344 g/mol. The number of carbonyl (C=O) groups is 1. The van der Waals surface area contributed by atoms with Crippen LogP contribution in [0.5, 0.6) is 0 Å². The van der Waals surface area contributed by atoms with Gasteiger partial charge in [-0.25, -0.2) is 0 Å². The van der Waals surface area contributed by atoms with Crippen molar-refractivity contribution in [3.63, 3.8) is 0 Å². The van der Waals surface area contributed by atoms with Gasteiger partial charge in [0, 0.05) is 44.3 Å². The number of rotatable bonds is 5. The molecule has 0 radical (unpaired) electrons. The fourth-order valence-electron chi connectivity index (χ4n) is 4.01. The van der Waals surface area contributed by atoms with Gasteiger partial charge in [0.25, 0.3) is 5.91 Å². The van der Waals surface area contributed by atoms with Crippen LogP contribution in [0.4, 0.5) is 0 Å². The summed E-state index contributed by atoms with van der Waals surface area (Å²) in [6, 6.07) is 8.32. The SMILES string of the molecule is CN1CCN(Cc2cccc(C(=O)NC3CCCCC3CN)c2)CC1. The van der Waals surface area contributed by atoms with Gasteiger partial charge in [0.2, 0.25) is 0 Å². The molecule has 3 rings (SSSR count). The van der Waals surface area contributed by atoms with Crippen LogP contribution in [0.2, 0.25) is 0 Å². The molecule has 138 valence electrons. The number of nitrogens with two attached hydrogens (primary N) is 1. The zero-order valence-corrected chi connectivity index (χ0v) is 15.4. The zero-order chi connectivity index (χ0) is 17.6. The molecule has 1 aromatic rings. The van der Waals surface area contributed by atoms with Crippen molar-refractivity contribution in [1.82, 2.24) is 15.1 Å². The minimum Gasteiger partial charge on any atom is -0.349 e. The fourth-order valence-corrected chi connectivity index (χ4v) is 4.01. The van der Waals surface area contributed by atoms with Gasteiger partial charge in [-0.2, -0.15) is 0 Å². The lowest BCUT2D eigenvalue weighted by molar-refractivity contribution is 0.0907. The Balaban J connectivity index is 1.59. The van der Waals surface area contributed by atoms with Gasteiger partial charge in [0.15, 0.2) is 0 Å². The third-order valence-electron chi connectivity index (χ3n) is 5.72. The van der Waals surface area contributed by atoms with Crippen LogP contribution in [0.1, 0.15) is 41.6 Å². The van der Waals surface area contributed by atoms with Crippen molar-refractivity contribution in [2.45, 2.75) is 38.3 Å². The minimum atomic E-state index is 0.0468. The minimum absolute atomic E-state index is 0.0468. The van der Waals surface area contributed by atoms with Crippen LogP contribution in [-0.4, -0.2) is 61.5 Å². The van der Waals surface area contributed by atoms with Crippen LogP contribution in [0.15, 0.2) is 24.3 Å². The molecule has 1 aromatic carbocycles. The first-order valence-electron chi connectivity index (χ1n) is 9.66. The highest BCUT2D eigenvalue weighted by atomic mass is 16.1. The molecule has 1 heterocycles. The molecule has 5 nitrogen and oxygen atoms in total. The third-order valence-corrected chi connectivity index (χ3v) is 5.72. The number of likely N-dealkylation sites (N-methyl/N-ethyl adjacent to an activating group) is 1. The van der Waals surface area contributed by atoms with E-state index in [0.29, 0.717) is 12.5 Å². The lowest BCUT2D eigenvalue weighted by atomic mass is 9.84. The Morgan fingerprint density at radius 2 is 1.96 bits per heavy atom. The Bertz CT molecular complexity index is 569. The van der Waals surface area contributed by atoms with Crippen molar-refractivity contribution in [3.05, 3.63) is 35.4 Å². The normalized spacial score (nSPS) is 25.7. The first kappa shape index (κ1) is 18.4. The Morgan fingerprint density at radius 1 is 1.20 bits per heavy atom. The van der Waals surface area contributed by atoms with Gasteiger partial charge in [-0.1, -0.05) is 25.0 Å². The largest absolute Gasteiger partial charge is 0.349 e. The maximum Gasteiger partial charge on any atom is 0.251 e. The van der Waals surface area contributed by atoms with E-state index in [1.807, 2.05) is 18.2 Å². The third kappa shape index (κ3) is 5.03. The highest BCUT2D eigenvalue weighted by molar-refractivity contribution is 5.94. The molecule has 0 aromatic heterocycles. The zero-order valence-electron chi connectivity index (χ0n) is 15.4. The molecule has 25 heavy (non-hydrogen) atoms. The number of nitrogens with zero attached hydrogens (tertiary/aromatic N) is 2. The summed E-state index contributed by atoms with van der Waals surface area (Å²) < 4.78 is 0. The molecule has 1 saturated carbocycles. The molecule has 2 fully saturated rings. The summed E-state index contributed by atoms with van der Waals surface area (Å²) in [6.07, 6.45) is 4.60. The Morgan fingerprint density at radius 3 is 2.72 bits per heavy atom. The number of amides is 1. The van der Waals surface area contributed by atoms with Crippen LogP contribution in [-0.2, 0) is 6.54 Å².